The second-order valence-electron chi connectivity index (χ2n) is 5.93. The minimum Gasteiger partial charge on any atom is -0.495 e. The van der Waals surface area contributed by atoms with E-state index >= 15 is 0 Å². The Morgan fingerprint density at radius 1 is 1.36 bits per heavy atom. The Balaban J connectivity index is 1.87. The molecule has 1 aliphatic heterocycles. The number of methoxy groups -OCH3 is 2. The van der Waals surface area contributed by atoms with Gasteiger partial charge in [-0.05, 0) is 37.9 Å². The van der Waals surface area contributed by atoms with Crippen LogP contribution in [-0.4, -0.2) is 67.6 Å². The Bertz CT molecular complexity index is 765. The van der Waals surface area contributed by atoms with Crippen molar-refractivity contribution in [3.63, 3.8) is 0 Å². The van der Waals surface area contributed by atoms with E-state index in [2.05, 4.69) is 52.4 Å². The summed E-state index contributed by atoms with van der Waals surface area (Å²) in [4.78, 5) is 40.2. The summed E-state index contributed by atoms with van der Waals surface area (Å²) in [6, 6.07) is 0. The lowest BCUT2D eigenvalue weighted by Crippen LogP contribution is -2.45. The van der Waals surface area contributed by atoms with Crippen LogP contribution in [0.5, 0.6) is 0 Å². The number of alkyl carbamates (subject to hydrolysis) is 1. The van der Waals surface area contributed by atoms with Gasteiger partial charge in [0, 0.05) is 19.4 Å². The van der Waals surface area contributed by atoms with Gasteiger partial charge in [-0.2, -0.15) is 0 Å². The fourth-order valence-electron chi connectivity index (χ4n) is 2.57. The topological polar surface area (TPSA) is 136 Å². The van der Waals surface area contributed by atoms with E-state index in [0.717, 1.165) is 0 Å². The Labute approximate surface area is 177 Å². The number of hydrogen-bond donors (Lipinski definition) is 3. The van der Waals surface area contributed by atoms with Gasteiger partial charge in [-0.3, -0.25) is 9.59 Å². The number of halogens is 2. The highest BCUT2D eigenvalue weighted by atomic mass is 79.9. The van der Waals surface area contributed by atoms with Crippen LogP contribution in [0.15, 0.2) is 26.0 Å². The molecule has 0 aromatic carbocycles. The standard InChI is InChI=1S/C16H19Br2N3O7/c1-26-12-9(17)5-16(13(23)11(12)18)6-10(21-28-16)14(24)19-4-3-8(22)7-20-15(25)27-2/h5,13,23H,3-4,6-7H2,1-2H3,(H,19,24)(H,20,25). The fraction of sp³-hybridized carbons (Fsp3) is 0.500. The minimum absolute atomic E-state index is 0.0224. The van der Waals surface area contributed by atoms with E-state index in [-0.39, 0.29) is 37.4 Å². The number of carbonyl (C=O) groups is 3. The summed E-state index contributed by atoms with van der Waals surface area (Å²) in [7, 11) is 2.65. The number of aliphatic hydroxyl groups excluding tert-OH is 1. The second-order valence-corrected chi connectivity index (χ2v) is 7.64. The van der Waals surface area contributed by atoms with E-state index < -0.39 is 23.7 Å². The first-order valence-electron chi connectivity index (χ1n) is 8.11. The number of oxime groups is 1. The summed E-state index contributed by atoms with van der Waals surface area (Å²) in [5.74, 6) is -0.374. The normalized spacial score (nSPS) is 23.5. The molecule has 0 bridgehead atoms. The Morgan fingerprint density at radius 3 is 2.71 bits per heavy atom. The van der Waals surface area contributed by atoms with E-state index in [1.54, 1.807) is 6.08 Å². The van der Waals surface area contributed by atoms with Crippen LogP contribution in [0.4, 0.5) is 4.79 Å². The van der Waals surface area contributed by atoms with E-state index in [9.17, 15) is 19.5 Å². The number of carbonyl (C=O) groups excluding carboxylic acids is 3. The number of allylic oxidation sites excluding steroid dienone is 1. The lowest BCUT2D eigenvalue weighted by molar-refractivity contribution is -0.118. The highest BCUT2D eigenvalue weighted by Gasteiger charge is 2.50. The molecule has 1 spiro atoms. The van der Waals surface area contributed by atoms with Gasteiger partial charge in [0.05, 0.1) is 29.7 Å². The fourth-order valence-corrected chi connectivity index (χ4v) is 4.36. The smallest absolute Gasteiger partial charge is 0.407 e. The molecule has 10 nitrogen and oxygen atoms in total. The summed E-state index contributed by atoms with van der Waals surface area (Å²) < 4.78 is 10.5. The average molecular weight is 525 g/mol. The lowest BCUT2D eigenvalue weighted by atomic mass is 9.87. The van der Waals surface area contributed by atoms with Crippen LogP contribution in [0, 0.1) is 0 Å². The zero-order chi connectivity index (χ0) is 20.9. The predicted molar refractivity (Wildman–Crippen MR) is 105 cm³/mol. The molecule has 0 radical (unpaired) electrons. The number of hydrogen-bond acceptors (Lipinski definition) is 8. The van der Waals surface area contributed by atoms with Crippen LogP contribution in [-0.2, 0) is 23.9 Å². The molecule has 0 saturated heterocycles. The monoisotopic (exact) mass is 523 g/mol. The molecule has 2 atom stereocenters. The van der Waals surface area contributed by atoms with Crippen molar-refractivity contribution >= 4 is 55.4 Å². The first kappa shape index (κ1) is 22.4. The van der Waals surface area contributed by atoms with Crippen LogP contribution >= 0.6 is 31.9 Å². The van der Waals surface area contributed by atoms with Crippen LogP contribution in [0.2, 0.25) is 0 Å². The maximum absolute atomic E-state index is 12.3. The van der Waals surface area contributed by atoms with E-state index in [4.69, 9.17) is 9.57 Å². The molecule has 2 amide bonds. The number of amides is 2. The summed E-state index contributed by atoms with van der Waals surface area (Å²) in [6.07, 6.45) is -0.188. The van der Waals surface area contributed by atoms with Gasteiger partial charge in [-0.15, -0.1) is 0 Å². The molecule has 1 heterocycles. The molecule has 28 heavy (non-hydrogen) atoms. The zero-order valence-electron chi connectivity index (χ0n) is 15.1. The molecule has 0 saturated carbocycles. The average Bonchev–Trinajstić information content (AvgIpc) is 3.09. The molecule has 0 aromatic rings. The molecule has 2 aliphatic rings. The second kappa shape index (κ2) is 9.52. The first-order chi connectivity index (χ1) is 13.2. The van der Waals surface area contributed by atoms with Crippen molar-refractivity contribution in [2.24, 2.45) is 5.16 Å². The third kappa shape index (κ3) is 4.92. The number of ether oxygens (including phenoxy) is 2. The third-order valence-corrected chi connectivity index (χ3v) is 5.43. The van der Waals surface area contributed by atoms with E-state index in [1.807, 2.05) is 0 Å². The summed E-state index contributed by atoms with van der Waals surface area (Å²) in [6.45, 7) is -0.130. The third-order valence-electron chi connectivity index (χ3n) is 4.05. The van der Waals surface area contributed by atoms with Gasteiger partial charge in [0.1, 0.15) is 17.6 Å². The molecule has 2 unspecified atom stereocenters. The quantitative estimate of drug-likeness (QED) is 0.449. The van der Waals surface area contributed by atoms with Crippen molar-refractivity contribution < 1.29 is 33.8 Å². The van der Waals surface area contributed by atoms with Crippen molar-refractivity contribution in [3.8, 4) is 0 Å². The largest absolute Gasteiger partial charge is 0.495 e. The van der Waals surface area contributed by atoms with Crippen molar-refractivity contribution in [3.05, 3.63) is 20.8 Å². The summed E-state index contributed by atoms with van der Waals surface area (Å²) in [5, 5.41) is 19.2. The molecule has 1 aliphatic carbocycles. The highest BCUT2D eigenvalue weighted by Crippen LogP contribution is 2.43. The van der Waals surface area contributed by atoms with Gasteiger partial charge in [-0.1, -0.05) is 5.16 Å². The number of Topliss-reactive ketones (excluding diaryl/α,β-unsaturated/α-hetero) is 1. The number of nitrogens with zero attached hydrogens (tertiary/aromatic N) is 1. The van der Waals surface area contributed by atoms with Crippen LogP contribution in [0.25, 0.3) is 0 Å². The number of aliphatic hydroxyl groups is 1. The van der Waals surface area contributed by atoms with Gasteiger partial charge in [0.25, 0.3) is 5.91 Å². The van der Waals surface area contributed by atoms with E-state index in [0.29, 0.717) is 14.7 Å². The number of ketones is 1. The lowest BCUT2D eigenvalue weighted by Gasteiger charge is -2.33. The zero-order valence-corrected chi connectivity index (χ0v) is 18.3. The minimum atomic E-state index is -1.24. The van der Waals surface area contributed by atoms with Crippen molar-refractivity contribution in [2.75, 3.05) is 27.3 Å². The van der Waals surface area contributed by atoms with Gasteiger partial charge in [0.2, 0.25) is 0 Å². The SMILES string of the molecule is COC(=O)NCC(=O)CCNC(=O)C1=NOC2(C=C(Br)C(OC)=C(Br)C2O)C1. The molecule has 2 rings (SSSR count). The molecule has 0 aromatic heterocycles. The van der Waals surface area contributed by atoms with Crippen LogP contribution in [0.1, 0.15) is 12.8 Å². The first-order valence-corrected chi connectivity index (χ1v) is 9.70. The molecular formula is C16H19Br2N3O7. The predicted octanol–water partition coefficient (Wildman–Crippen LogP) is 0.839. The van der Waals surface area contributed by atoms with Gasteiger partial charge >= 0.3 is 6.09 Å². The number of rotatable bonds is 7. The molecule has 154 valence electrons. The Morgan fingerprint density at radius 2 is 2.07 bits per heavy atom. The molecule has 0 fully saturated rings. The number of nitrogens with one attached hydrogen (secondary N) is 2. The van der Waals surface area contributed by atoms with Crippen LogP contribution in [0.3, 0.4) is 0 Å². The molecule has 3 N–H and O–H groups in total. The van der Waals surface area contributed by atoms with Crippen molar-refractivity contribution in [1.82, 2.24) is 10.6 Å². The Kier molecular flexibility index (Phi) is 7.61. The molecule has 12 heteroatoms. The van der Waals surface area contributed by atoms with Crippen molar-refractivity contribution in [2.45, 2.75) is 24.5 Å². The molecular weight excluding hydrogens is 506 g/mol. The van der Waals surface area contributed by atoms with Crippen molar-refractivity contribution in [1.29, 1.82) is 0 Å². The summed E-state index contributed by atoms with van der Waals surface area (Å²) in [5.41, 5.74) is -1.16. The highest BCUT2D eigenvalue weighted by molar-refractivity contribution is 9.12. The van der Waals surface area contributed by atoms with Gasteiger partial charge < -0.3 is 30.1 Å². The van der Waals surface area contributed by atoms with E-state index in [1.165, 1.54) is 14.2 Å². The maximum Gasteiger partial charge on any atom is 0.407 e. The summed E-state index contributed by atoms with van der Waals surface area (Å²) >= 11 is 6.62. The van der Waals surface area contributed by atoms with Gasteiger partial charge in [0.15, 0.2) is 11.4 Å². The van der Waals surface area contributed by atoms with Crippen LogP contribution < -0.4 is 10.6 Å². The maximum atomic E-state index is 12.3. The Hall–Kier alpha value is -1.92. The van der Waals surface area contributed by atoms with Gasteiger partial charge in [-0.25, -0.2) is 4.79 Å².